The number of aryl methyl sites for hydroxylation is 1. The second-order valence-electron chi connectivity index (χ2n) is 3.94. The van der Waals surface area contributed by atoms with E-state index in [0.29, 0.717) is 0 Å². The summed E-state index contributed by atoms with van der Waals surface area (Å²) < 4.78 is 35.7. The Morgan fingerprint density at radius 3 is 2.56 bits per heavy atom. The summed E-state index contributed by atoms with van der Waals surface area (Å²) >= 11 is 1.69. The van der Waals surface area contributed by atoms with E-state index in [2.05, 4.69) is 5.32 Å². The summed E-state index contributed by atoms with van der Waals surface area (Å²) in [7, 11) is 0. The van der Waals surface area contributed by atoms with Crippen molar-refractivity contribution in [3.05, 3.63) is 21.9 Å². The summed E-state index contributed by atoms with van der Waals surface area (Å²) in [5.74, 6) is 0. The zero-order chi connectivity index (χ0) is 12.2. The van der Waals surface area contributed by atoms with Crippen LogP contribution in [0.2, 0.25) is 0 Å². The molecule has 0 aliphatic rings. The summed E-state index contributed by atoms with van der Waals surface area (Å²) in [5.41, 5.74) is 0. The molecule has 0 aliphatic carbocycles. The summed E-state index contributed by atoms with van der Waals surface area (Å²) in [6.07, 6.45) is -4.04. The quantitative estimate of drug-likeness (QED) is 0.844. The first kappa shape index (κ1) is 13.5. The van der Waals surface area contributed by atoms with Crippen molar-refractivity contribution >= 4 is 11.3 Å². The van der Waals surface area contributed by atoms with Crippen LogP contribution in [0, 0.1) is 6.92 Å². The van der Waals surface area contributed by atoms with Crippen LogP contribution >= 0.6 is 11.3 Å². The topological polar surface area (TPSA) is 12.0 Å². The van der Waals surface area contributed by atoms with E-state index in [9.17, 15) is 13.2 Å². The highest BCUT2D eigenvalue weighted by Crippen LogP contribution is 2.19. The zero-order valence-corrected chi connectivity index (χ0v) is 10.2. The minimum atomic E-state index is -4.06. The van der Waals surface area contributed by atoms with Crippen molar-refractivity contribution < 1.29 is 13.2 Å². The van der Waals surface area contributed by atoms with Crippen LogP contribution in [0.1, 0.15) is 23.1 Å². The molecule has 0 aromatic carbocycles. The minimum Gasteiger partial charge on any atom is -0.314 e. The van der Waals surface area contributed by atoms with E-state index in [0.717, 1.165) is 6.42 Å². The Labute approximate surface area is 97.7 Å². The molecule has 0 saturated carbocycles. The first-order chi connectivity index (χ1) is 7.37. The average Bonchev–Trinajstić information content (AvgIpc) is 2.48. The standard InChI is InChI=1S/C11H16F3NS/c1-8(15-6-5-11(12,13)14)7-10-4-3-9(2)16-10/h3-4,8,15H,5-7H2,1-2H3. The molecule has 0 bridgehead atoms. The van der Waals surface area contributed by atoms with Crippen LogP contribution in [0.4, 0.5) is 13.2 Å². The lowest BCUT2D eigenvalue weighted by atomic mass is 10.2. The highest BCUT2D eigenvalue weighted by Gasteiger charge is 2.26. The Morgan fingerprint density at radius 2 is 2.06 bits per heavy atom. The van der Waals surface area contributed by atoms with Crippen LogP contribution in [-0.2, 0) is 6.42 Å². The van der Waals surface area contributed by atoms with Gasteiger partial charge in [-0.2, -0.15) is 13.2 Å². The Hall–Kier alpha value is -0.550. The number of hydrogen-bond donors (Lipinski definition) is 1. The third-order valence-electron chi connectivity index (χ3n) is 2.20. The highest BCUT2D eigenvalue weighted by molar-refractivity contribution is 7.11. The molecule has 1 rings (SSSR count). The van der Waals surface area contributed by atoms with Gasteiger partial charge in [-0.05, 0) is 32.4 Å². The van der Waals surface area contributed by atoms with Gasteiger partial charge in [0.2, 0.25) is 0 Å². The van der Waals surface area contributed by atoms with Gasteiger partial charge in [-0.3, -0.25) is 0 Å². The number of alkyl halides is 3. The van der Waals surface area contributed by atoms with Gasteiger partial charge in [0.25, 0.3) is 0 Å². The van der Waals surface area contributed by atoms with E-state index in [1.807, 2.05) is 26.0 Å². The van der Waals surface area contributed by atoms with Crippen molar-refractivity contribution in [3.63, 3.8) is 0 Å². The van der Waals surface area contributed by atoms with Crippen LogP contribution in [0.15, 0.2) is 12.1 Å². The summed E-state index contributed by atoms with van der Waals surface area (Å²) in [6.45, 7) is 3.93. The Kier molecular flexibility index (Phi) is 4.80. The normalized spacial score (nSPS) is 14.1. The highest BCUT2D eigenvalue weighted by atomic mass is 32.1. The molecule has 0 spiro atoms. The van der Waals surface area contributed by atoms with Gasteiger partial charge in [-0.15, -0.1) is 11.3 Å². The molecule has 16 heavy (non-hydrogen) atoms. The molecule has 0 amide bonds. The van der Waals surface area contributed by atoms with Gasteiger partial charge in [0.05, 0.1) is 6.42 Å². The van der Waals surface area contributed by atoms with Gasteiger partial charge in [-0.25, -0.2) is 0 Å². The number of thiophene rings is 1. The molecule has 92 valence electrons. The predicted molar refractivity (Wildman–Crippen MR) is 60.9 cm³/mol. The lowest BCUT2D eigenvalue weighted by Gasteiger charge is -2.13. The average molecular weight is 251 g/mol. The lowest BCUT2D eigenvalue weighted by Crippen LogP contribution is -2.31. The molecule has 0 radical (unpaired) electrons. The van der Waals surface area contributed by atoms with Crippen LogP contribution in [-0.4, -0.2) is 18.8 Å². The molecule has 1 nitrogen and oxygen atoms in total. The van der Waals surface area contributed by atoms with E-state index in [-0.39, 0.29) is 12.6 Å². The molecule has 1 atom stereocenters. The third-order valence-corrected chi connectivity index (χ3v) is 3.23. The van der Waals surface area contributed by atoms with Crippen LogP contribution in [0.3, 0.4) is 0 Å². The van der Waals surface area contributed by atoms with Crippen molar-refractivity contribution in [1.82, 2.24) is 5.32 Å². The van der Waals surface area contributed by atoms with E-state index in [1.165, 1.54) is 9.75 Å². The molecule has 1 heterocycles. The molecule has 0 fully saturated rings. The third kappa shape index (κ3) is 5.51. The molecule has 1 aromatic heterocycles. The number of halogens is 3. The second kappa shape index (κ2) is 5.68. The largest absolute Gasteiger partial charge is 0.390 e. The van der Waals surface area contributed by atoms with E-state index < -0.39 is 12.6 Å². The first-order valence-corrected chi connectivity index (χ1v) is 6.04. The van der Waals surface area contributed by atoms with Gasteiger partial charge in [0.15, 0.2) is 0 Å². The van der Waals surface area contributed by atoms with Crippen molar-refractivity contribution in [2.24, 2.45) is 0 Å². The van der Waals surface area contributed by atoms with Crippen molar-refractivity contribution in [2.45, 2.75) is 38.9 Å². The zero-order valence-electron chi connectivity index (χ0n) is 9.40. The molecular weight excluding hydrogens is 235 g/mol. The summed E-state index contributed by atoms with van der Waals surface area (Å²) in [6, 6.07) is 4.14. The van der Waals surface area contributed by atoms with Gasteiger partial charge in [0, 0.05) is 22.3 Å². The van der Waals surface area contributed by atoms with Gasteiger partial charge >= 0.3 is 6.18 Å². The van der Waals surface area contributed by atoms with Crippen molar-refractivity contribution in [2.75, 3.05) is 6.54 Å². The van der Waals surface area contributed by atoms with E-state index in [4.69, 9.17) is 0 Å². The predicted octanol–water partition coefficient (Wildman–Crippen LogP) is 3.53. The van der Waals surface area contributed by atoms with Crippen molar-refractivity contribution in [1.29, 1.82) is 0 Å². The molecule has 1 unspecified atom stereocenters. The number of nitrogens with one attached hydrogen (secondary N) is 1. The first-order valence-electron chi connectivity index (χ1n) is 5.22. The molecule has 5 heteroatoms. The maximum Gasteiger partial charge on any atom is 0.390 e. The molecule has 1 N–H and O–H groups in total. The van der Waals surface area contributed by atoms with E-state index in [1.54, 1.807) is 11.3 Å². The van der Waals surface area contributed by atoms with E-state index >= 15 is 0 Å². The van der Waals surface area contributed by atoms with Crippen LogP contribution in [0.25, 0.3) is 0 Å². The van der Waals surface area contributed by atoms with Gasteiger partial charge in [-0.1, -0.05) is 0 Å². The van der Waals surface area contributed by atoms with Crippen molar-refractivity contribution in [3.8, 4) is 0 Å². The monoisotopic (exact) mass is 251 g/mol. The smallest absolute Gasteiger partial charge is 0.314 e. The molecular formula is C11H16F3NS. The SMILES string of the molecule is Cc1ccc(CC(C)NCCC(F)(F)F)s1. The fourth-order valence-corrected chi connectivity index (χ4v) is 2.45. The van der Waals surface area contributed by atoms with Crippen LogP contribution in [0.5, 0.6) is 0 Å². The summed E-state index contributed by atoms with van der Waals surface area (Å²) in [4.78, 5) is 2.45. The second-order valence-corrected chi connectivity index (χ2v) is 5.31. The van der Waals surface area contributed by atoms with Crippen LogP contribution < -0.4 is 5.32 Å². The lowest BCUT2D eigenvalue weighted by molar-refractivity contribution is -0.133. The maximum absolute atomic E-state index is 11.9. The fourth-order valence-electron chi connectivity index (χ4n) is 1.43. The Bertz CT molecular complexity index is 319. The Balaban J connectivity index is 2.23. The number of rotatable bonds is 5. The molecule has 0 saturated heterocycles. The number of hydrogen-bond acceptors (Lipinski definition) is 2. The molecule has 0 aliphatic heterocycles. The minimum absolute atomic E-state index is 0.00494. The maximum atomic E-state index is 11.9. The molecule has 1 aromatic rings. The Morgan fingerprint density at radius 1 is 1.38 bits per heavy atom. The fraction of sp³-hybridized carbons (Fsp3) is 0.636. The van der Waals surface area contributed by atoms with Gasteiger partial charge in [0.1, 0.15) is 0 Å². The summed E-state index contributed by atoms with van der Waals surface area (Å²) in [5, 5.41) is 2.88. The van der Waals surface area contributed by atoms with Gasteiger partial charge < -0.3 is 5.32 Å².